The van der Waals surface area contributed by atoms with Gasteiger partial charge in [0.2, 0.25) is 0 Å². The van der Waals surface area contributed by atoms with E-state index in [0.29, 0.717) is 5.56 Å². The first kappa shape index (κ1) is 11.8. The molecule has 1 aromatic carbocycles. The van der Waals surface area contributed by atoms with E-state index in [1.54, 1.807) is 6.92 Å². The van der Waals surface area contributed by atoms with E-state index >= 15 is 0 Å². The molecule has 1 aromatic rings. The minimum absolute atomic E-state index is 0.629. The second kappa shape index (κ2) is 5.46. The van der Waals surface area contributed by atoms with Crippen molar-refractivity contribution in [2.75, 3.05) is 0 Å². The molecule has 0 unspecified atom stereocenters. The fourth-order valence-electron chi connectivity index (χ4n) is 0.762. The molecule has 0 aromatic heterocycles. The highest BCUT2D eigenvalue weighted by atomic mass is 19.2. The number of benzene rings is 1. The number of halogens is 2. The third-order valence-electron chi connectivity index (χ3n) is 1.41. The lowest BCUT2D eigenvalue weighted by Gasteiger charge is -1.98. The molecule has 0 amide bonds. The fourth-order valence-corrected chi connectivity index (χ4v) is 0.762. The van der Waals surface area contributed by atoms with E-state index in [1.165, 1.54) is 6.07 Å². The third kappa shape index (κ3) is 3.36. The topological polar surface area (TPSA) is 0 Å². The Morgan fingerprint density at radius 2 is 1.69 bits per heavy atom. The highest BCUT2D eigenvalue weighted by Crippen LogP contribution is 2.14. The van der Waals surface area contributed by atoms with Crippen LogP contribution in [-0.4, -0.2) is 0 Å². The number of rotatable bonds is 1. The van der Waals surface area contributed by atoms with Crippen molar-refractivity contribution in [3.8, 4) is 0 Å². The molecule has 13 heavy (non-hydrogen) atoms. The summed E-state index contributed by atoms with van der Waals surface area (Å²) in [6.45, 7) is 9.35. The van der Waals surface area contributed by atoms with E-state index in [-0.39, 0.29) is 0 Å². The minimum Gasteiger partial charge on any atom is -0.204 e. The maximum atomic E-state index is 12.5. The average Bonchev–Trinajstić information content (AvgIpc) is 2.13. The summed E-state index contributed by atoms with van der Waals surface area (Å²) >= 11 is 0. The monoisotopic (exact) mass is 184 g/mol. The van der Waals surface area contributed by atoms with Crippen LogP contribution in [0.4, 0.5) is 8.78 Å². The van der Waals surface area contributed by atoms with Crippen molar-refractivity contribution in [1.29, 1.82) is 0 Å². The lowest BCUT2D eigenvalue weighted by atomic mass is 10.1. The zero-order valence-corrected chi connectivity index (χ0v) is 8.20. The first-order valence-electron chi connectivity index (χ1n) is 4.22. The summed E-state index contributed by atoms with van der Waals surface area (Å²) in [4.78, 5) is 0. The molecule has 0 aliphatic rings. The Balaban J connectivity index is 0.000000671. The second-order valence-corrected chi connectivity index (χ2v) is 2.41. The zero-order chi connectivity index (χ0) is 10.4. The summed E-state index contributed by atoms with van der Waals surface area (Å²) in [5, 5.41) is 0. The molecule has 0 saturated heterocycles. The highest BCUT2D eigenvalue weighted by Gasteiger charge is 2.01. The molecular formula is C11H14F2. The lowest BCUT2D eigenvalue weighted by Crippen LogP contribution is -1.85. The van der Waals surface area contributed by atoms with E-state index in [0.717, 1.165) is 17.7 Å². The quantitative estimate of drug-likeness (QED) is 0.618. The Morgan fingerprint density at radius 3 is 2.08 bits per heavy atom. The SMILES string of the molecule is C=C(C)c1ccc(F)c(F)c1.CC. The van der Waals surface area contributed by atoms with Crippen LogP contribution < -0.4 is 0 Å². The van der Waals surface area contributed by atoms with Gasteiger partial charge < -0.3 is 0 Å². The smallest absolute Gasteiger partial charge is 0.159 e. The van der Waals surface area contributed by atoms with Gasteiger partial charge in [0.25, 0.3) is 0 Å². The standard InChI is InChI=1S/C9H8F2.C2H6/c1-6(2)7-3-4-8(10)9(11)5-7;1-2/h3-5H,1H2,2H3;1-2H3. The Kier molecular flexibility index (Phi) is 4.97. The van der Waals surface area contributed by atoms with E-state index < -0.39 is 11.6 Å². The van der Waals surface area contributed by atoms with Crippen LogP contribution in [0.5, 0.6) is 0 Å². The van der Waals surface area contributed by atoms with Crippen LogP contribution in [0.1, 0.15) is 26.3 Å². The van der Waals surface area contributed by atoms with Gasteiger partial charge in [0, 0.05) is 0 Å². The lowest BCUT2D eigenvalue weighted by molar-refractivity contribution is 0.508. The molecule has 2 heteroatoms. The van der Waals surface area contributed by atoms with Gasteiger partial charge in [-0.1, -0.05) is 32.1 Å². The van der Waals surface area contributed by atoms with Gasteiger partial charge in [-0.2, -0.15) is 0 Å². The summed E-state index contributed by atoms with van der Waals surface area (Å²) < 4.78 is 24.9. The van der Waals surface area contributed by atoms with E-state index in [9.17, 15) is 8.78 Å². The van der Waals surface area contributed by atoms with Gasteiger partial charge in [-0.05, 0) is 24.6 Å². The molecule has 0 bridgehead atoms. The molecule has 0 spiro atoms. The molecule has 1 rings (SSSR count). The third-order valence-corrected chi connectivity index (χ3v) is 1.41. The Labute approximate surface area is 77.9 Å². The molecule has 0 N–H and O–H groups in total. The largest absolute Gasteiger partial charge is 0.204 e. The maximum absolute atomic E-state index is 12.5. The molecule has 0 saturated carbocycles. The molecule has 72 valence electrons. The van der Waals surface area contributed by atoms with Crippen LogP contribution in [0.15, 0.2) is 24.8 Å². The van der Waals surface area contributed by atoms with Crippen LogP contribution >= 0.6 is 0 Å². The summed E-state index contributed by atoms with van der Waals surface area (Å²) in [5.74, 6) is -1.65. The molecule has 0 nitrogen and oxygen atoms in total. The summed E-state index contributed by atoms with van der Waals surface area (Å²) in [6, 6.07) is 3.73. The fraction of sp³-hybridized carbons (Fsp3) is 0.273. The van der Waals surface area contributed by atoms with E-state index in [2.05, 4.69) is 6.58 Å². The van der Waals surface area contributed by atoms with Crippen molar-refractivity contribution >= 4 is 5.57 Å². The molecule has 0 fully saturated rings. The van der Waals surface area contributed by atoms with Gasteiger partial charge in [-0.25, -0.2) is 8.78 Å². The Hall–Kier alpha value is -1.18. The molecular weight excluding hydrogens is 170 g/mol. The van der Waals surface area contributed by atoms with Crippen molar-refractivity contribution < 1.29 is 8.78 Å². The maximum Gasteiger partial charge on any atom is 0.159 e. The summed E-state index contributed by atoms with van der Waals surface area (Å²) in [5.41, 5.74) is 1.35. The van der Waals surface area contributed by atoms with Crippen LogP contribution in [0, 0.1) is 11.6 Å². The van der Waals surface area contributed by atoms with E-state index in [4.69, 9.17) is 0 Å². The van der Waals surface area contributed by atoms with Crippen LogP contribution in [0.2, 0.25) is 0 Å². The number of hydrogen-bond donors (Lipinski definition) is 0. The number of hydrogen-bond acceptors (Lipinski definition) is 0. The van der Waals surface area contributed by atoms with Crippen molar-refractivity contribution in [2.24, 2.45) is 0 Å². The highest BCUT2D eigenvalue weighted by molar-refractivity contribution is 5.61. The first-order chi connectivity index (χ1) is 6.11. The van der Waals surface area contributed by atoms with Crippen molar-refractivity contribution in [1.82, 2.24) is 0 Å². The first-order valence-corrected chi connectivity index (χ1v) is 4.22. The molecule has 0 atom stereocenters. The van der Waals surface area contributed by atoms with Crippen LogP contribution in [0.25, 0.3) is 5.57 Å². The van der Waals surface area contributed by atoms with Gasteiger partial charge in [-0.15, -0.1) is 0 Å². The predicted molar refractivity (Wildman–Crippen MR) is 52.4 cm³/mol. The van der Waals surface area contributed by atoms with Crippen molar-refractivity contribution in [3.05, 3.63) is 42.0 Å². The average molecular weight is 184 g/mol. The predicted octanol–water partition coefficient (Wildman–Crippen LogP) is 4.02. The van der Waals surface area contributed by atoms with Crippen molar-refractivity contribution in [3.63, 3.8) is 0 Å². The Morgan fingerprint density at radius 1 is 1.15 bits per heavy atom. The second-order valence-electron chi connectivity index (χ2n) is 2.41. The molecule has 0 heterocycles. The summed E-state index contributed by atoms with van der Waals surface area (Å²) in [6.07, 6.45) is 0. The van der Waals surface area contributed by atoms with Crippen LogP contribution in [0.3, 0.4) is 0 Å². The Bertz CT molecular complexity index is 290. The van der Waals surface area contributed by atoms with Gasteiger partial charge in [0.15, 0.2) is 11.6 Å². The summed E-state index contributed by atoms with van der Waals surface area (Å²) in [7, 11) is 0. The van der Waals surface area contributed by atoms with Crippen LogP contribution in [-0.2, 0) is 0 Å². The minimum atomic E-state index is -0.828. The molecule has 0 aliphatic carbocycles. The van der Waals surface area contributed by atoms with Crippen molar-refractivity contribution in [2.45, 2.75) is 20.8 Å². The van der Waals surface area contributed by atoms with Gasteiger partial charge in [-0.3, -0.25) is 0 Å². The van der Waals surface area contributed by atoms with Gasteiger partial charge in [0.05, 0.1) is 0 Å². The van der Waals surface area contributed by atoms with E-state index in [1.807, 2.05) is 13.8 Å². The molecule has 0 radical (unpaired) electrons. The zero-order valence-electron chi connectivity index (χ0n) is 8.20. The normalized spacial score (nSPS) is 8.69. The molecule has 0 aliphatic heterocycles. The van der Waals surface area contributed by atoms with Gasteiger partial charge >= 0.3 is 0 Å². The van der Waals surface area contributed by atoms with Gasteiger partial charge in [0.1, 0.15) is 0 Å². The number of allylic oxidation sites excluding steroid dienone is 1.